The topological polar surface area (TPSA) is 49.8 Å². The van der Waals surface area contributed by atoms with Crippen molar-refractivity contribution in [3.05, 3.63) is 11.9 Å². The molecule has 0 amide bonds. The largest absolute Gasteiger partial charge is 0.373 e. The zero-order valence-corrected chi connectivity index (χ0v) is 12.4. The first-order valence-electron chi connectivity index (χ1n) is 7.95. The molecule has 108 valence electrons. The first-order chi connectivity index (χ1) is 9.67. The van der Waals surface area contributed by atoms with Crippen molar-refractivity contribution < 1.29 is 0 Å². The van der Waals surface area contributed by atoms with E-state index in [9.17, 15) is 0 Å². The summed E-state index contributed by atoms with van der Waals surface area (Å²) >= 11 is 0. The summed E-state index contributed by atoms with van der Waals surface area (Å²) in [6, 6.07) is 0. The molecule has 1 aromatic rings. The van der Waals surface area contributed by atoms with Gasteiger partial charge in [0.25, 0.3) is 0 Å². The Kier molecular flexibility index (Phi) is 2.69. The first-order valence-corrected chi connectivity index (χ1v) is 7.95. The maximum absolute atomic E-state index is 4.50. The highest BCUT2D eigenvalue weighted by atomic mass is 15.1. The molecule has 1 aromatic heterocycles. The fourth-order valence-corrected chi connectivity index (χ4v) is 5.34. The van der Waals surface area contributed by atoms with Crippen LogP contribution in [0.15, 0.2) is 6.33 Å². The quantitative estimate of drug-likeness (QED) is 0.887. The highest BCUT2D eigenvalue weighted by Crippen LogP contribution is 2.56. The second-order valence-corrected chi connectivity index (χ2v) is 7.27. The molecule has 4 fully saturated rings. The van der Waals surface area contributed by atoms with Crippen LogP contribution in [0.3, 0.4) is 0 Å². The fourth-order valence-electron chi connectivity index (χ4n) is 5.34. The van der Waals surface area contributed by atoms with Gasteiger partial charge in [-0.25, -0.2) is 9.97 Å². The Morgan fingerprint density at radius 3 is 2.10 bits per heavy atom. The smallest absolute Gasteiger partial charge is 0.134 e. The minimum Gasteiger partial charge on any atom is -0.373 e. The number of rotatable bonds is 3. The summed E-state index contributed by atoms with van der Waals surface area (Å²) in [4.78, 5) is 8.79. The lowest BCUT2D eigenvalue weighted by molar-refractivity contribution is 0.0105. The van der Waals surface area contributed by atoms with Gasteiger partial charge in [0.2, 0.25) is 0 Å². The van der Waals surface area contributed by atoms with Gasteiger partial charge in [0.1, 0.15) is 18.0 Å². The Balaban J connectivity index is 1.63. The van der Waals surface area contributed by atoms with Crippen LogP contribution >= 0.6 is 0 Å². The van der Waals surface area contributed by atoms with E-state index in [-0.39, 0.29) is 0 Å². The molecular weight excluding hydrogens is 248 g/mol. The van der Waals surface area contributed by atoms with Gasteiger partial charge in [0.15, 0.2) is 0 Å². The molecule has 5 rings (SSSR count). The second-order valence-electron chi connectivity index (χ2n) is 7.27. The Morgan fingerprint density at radius 2 is 1.55 bits per heavy atom. The minimum atomic E-state index is 0.318. The molecule has 4 aliphatic carbocycles. The molecule has 4 nitrogen and oxygen atoms in total. The zero-order valence-electron chi connectivity index (χ0n) is 12.4. The molecule has 0 aromatic carbocycles. The summed E-state index contributed by atoms with van der Waals surface area (Å²) in [5.41, 5.74) is 1.46. The number of aromatic nitrogens is 2. The van der Waals surface area contributed by atoms with Crippen molar-refractivity contribution in [3.63, 3.8) is 0 Å². The third-order valence-corrected chi connectivity index (χ3v) is 5.74. The lowest BCUT2D eigenvalue weighted by Gasteiger charge is -2.57. The molecule has 0 unspecified atom stereocenters. The SMILES string of the molecule is CNc1ncnc(NC23CC4CC(CC(C4)C2)C3)c1C. The van der Waals surface area contributed by atoms with E-state index >= 15 is 0 Å². The van der Waals surface area contributed by atoms with Crippen LogP contribution < -0.4 is 10.6 Å². The Bertz CT molecular complexity index is 490. The van der Waals surface area contributed by atoms with Crippen molar-refractivity contribution in [2.45, 2.75) is 51.0 Å². The Labute approximate surface area is 120 Å². The van der Waals surface area contributed by atoms with Crippen LogP contribution in [0, 0.1) is 24.7 Å². The third-order valence-electron chi connectivity index (χ3n) is 5.74. The highest BCUT2D eigenvalue weighted by molar-refractivity contribution is 5.57. The van der Waals surface area contributed by atoms with E-state index < -0.39 is 0 Å². The molecule has 4 aliphatic rings. The van der Waals surface area contributed by atoms with Gasteiger partial charge in [-0.3, -0.25) is 0 Å². The molecule has 0 saturated heterocycles. The van der Waals surface area contributed by atoms with Gasteiger partial charge in [-0.2, -0.15) is 0 Å². The Hall–Kier alpha value is -1.32. The average molecular weight is 272 g/mol. The lowest BCUT2D eigenvalue weighted by Crippen LogP contribution is -2.55. The van der Waals surface area contributed by atoms with Crippen LogP contribution in [0.2, 0.25) is 0 Å². The van der Waals surface area contributed by atoms with Gasteiger partial charge in [0.05, 0.1) is 0 Å². The molecule has 4 saturated carbocycles. The predicted molar refractivity (Wildman–Crippen MR) is 80.8 cm³/mol. The van der Waals surface area contributed by atoms with Gasteiger partial charge < -0.3 is 10.6 Å². The molecule has 4 heteroatoms. The molecular formula is C16H24N4. The van der Waals surface area contributed by atoms with Gasteiger partial charge in [0, 0.05) is 18.2 Å². The van der Waals surface area contributed by atoms with Crippen molar-refractivity contribution in [2.24, 2.45) is 17.8 Å². The van der Waals surface area contributed by atoms with E-state index in [1.54, 1.807) is 6.33 Å². The van der Waals surface area contributed by atoms with E-state index in [1.165, 1.54) is 38.5 Å². The molecule has 2 N–H and O–H groups in total. The number of anilines is 2. The molecule has 0 radical (unpaired) electrons. The van der Waals surface area contributed by atoms with Crippen molar-refractivity contribution in [3.8, 4) is 0 Å². The summed E-state index contributed by atoms with van der Waals surface area (Å²) in [7, 11) is 1.92. The zero-order chi connectivity index (χ0) is 13.7. The highest BCUT2D eigenvalue weighted by Gasteiger charge is 2.51. The third kappa shape index (κ3) is 1.88. The van der Waals surface area contributed by atoms with E-state index in [0.717, 1.165) is 35.0 Å². The van der Waals surface area contributed by atoms with Crippen molar-refractivity contribution in [2.75, 3.05) is 17.7 Å². The van der Waals surface area contributed by atoms with Gasteiger partial charge in [-0.05, 0) is 63.2 Å². The number of hydrogen-bond acceptors (Lipinski definition) is 4. The first kappa shape index (κ1) is 12.4. The number of nitrogens with zero attached hydrogens (tertiary/aromatic N) is 2. The lowest BCUT2D eigenvalue weighted by atomic mass is 9.53. The molecule has 0 aliphatic heterocycles. The van der Waals surface area contributed by atoms with Gasteiger partial charge in [-0.15, -0.1) is 0 Å². The summed E-state index contributed by atoms with van der Waals surface area (Å²) < 4.78 is 0. The average Bonchev–Trinajstić information content (AvgIpc) is 2.39. The van der Waals surface area contributed by atoms with Crippen molar-refractivity contribution in [1.29, 1.82) is 0 Å². The van der Waals surface area contributed by atoms with Crippen molar-refractivity contribution in [1.82, 2.24) is 9.97 Å². The van der Waals surface area contributed by atoms with Crippen LogP contribution in [0.1, 0.15) is 44.1 Å². The van der Waals surface area contributed by atoms with E-state index in [2.05, 4.69) is 27.5 Å². The van der Waals surface area contributed by atoms with Crippen LogP contribution in [-0.4, -0.2) is 22.6 Å². The predicted octanol–water partition coefficient (Wildman–Crippen LogP) is 3.21. The summed E-state index contributed by atoms with van der Waals surface area (Å²) in [5, 5.41) is 6.99. The van der Waals surface area contributed by atoms with Crippen molar-refractivity contribution >= 4 is 11.6 Å². The van der Waals surface area contributed by atoms with Gasteiger partial charge >= 0.3 is 0 Å². The van der Waals surface area contributed by atoms with E-state index in [1.807, 2.05) is 7.05 Å². The summed E-state index contributed by atoms with van der Waals surface area (Å²) in [5.74, 6) is 4.84. The maximum atomic E-state index is 4.50. The van der Waals surface area contributed by atoms with Crippen LogP contribution in [0.5, 0.6) is 0 Å². The molecule has 1 heterocycles. The Morgan fingerprint density at radius 1 is 1.00 bits per heavy atom. The molecule has 0 spiro atoms. The maximum Gasteiger partial charge on any atom is 0.134 e. The second kappa shape index (κ2) is 4.34. The minimum absolute atomic E-state index is 0.318. The standard InChI is InChI=1S/C16H24N4/c1-10-14(17-2)18-9-19-15(10)20-16-6-11-3-12(7-16)5-13(4-11)8-16/h9,11-13H,3-8H2,1-2H3,(H2,17,18,19,20). The molecule has 0 atom stereocenters. The van der Waals surface area contributed by atoms with E-state index in [0.29, 0.717) is 5.54 Å². The molecule has 20 heavy (non-hydrogen) atoms. The van der Waals surface area contributed by atoms with Gasteiger partial charge in [-0.1, -0.05) is 0 Å². The number of hydrogen-bond donors (Lipinski definition) is 2. The van der Waals surface area contributed by atoms with Crippen LogP contribution in [0.4, 0.5) is 11.6 Å². The molecule has 4 bridgehead atoms. The van der Waals surface area contributed by atoms with Crippen LogP contribution in [0.25, 0.3) is 0 Å². The number of nitrogens with one attached hydrogen (secondary N) is 2. The normalized spacial score (nSPS) is 38.0. The summed E-state index contributed by atoms with van der Waals surface area (Å²) in [6.07, 6.45) is 10.1. The van der Waals surface area contributed by atoms with E-state index in [4.69, 9.17) is 0 Å². The monoisotopic (exact) mass is 272 g/mol. The van der Waals surface area contributed by atoms with Crippen LogP contribution in [-0.2, 0) is 0 Å². The fraction of sp³-hybridized carbons (Fsp3) is 0.750. The summed E-state index contributed by atoms with van der Waals surface area (Å²) in [6.45, 7) is 2.11.